The summed E-state index contributed by atoms with van der Waals surface area (Å²) in [6, 6.07) is 1.60. The highest BCUT2D eigenvalue weighted by atomic mass is 32.2. The van der Waals surface area contributed by atoms with Gasteiger partial charge in [0.25, 0.3) is 5.91 Å². The predicted octanol–water partition coefficient (Wildman–Crippen LogP) is 10.2. The van der Waals surface area contributed by atoms with Crippen molar-refractivity contribution in [2.24, 2.45) is 57.5 Å². The number of carbonyl (C=O) groups excluding carboxylic acids is 7. The molecule has 30 nitrogen and oxygen atoms in total. The Labute approximate surface area is 722 Å². The van der Waals surface area contributed by atoms with Crippen LogP contribution in [-0.4, -0.2) is 226 Å². The molecule has 14 atom stereocenters. The number of piperidine rings is 2. The third-order valence-corrected chi connectivity index (χ3v) is 32.6. The highest BCUT2D eigenvalue weighted by Gasteiger charge is 2.64. The number of hydrogen-bond acceptors (Lipinski definition) is 25. The number of esters is 2. The van der Waals surface area contributed by atoms with E-state index >= 15 is 0 Å². The molecule has 0 radical (unpaired) electrons. The molecule has 3 unspecified atom stereocenters. The zero-order valence-corrected chi connectivity index (χ0v) is 74.9. The maximum Gasteiger partial charge on any atom is 0.326 e. The van der Waals surface area contributed by atoms with E-state index in [1.165, 1.54) is 9.80 Å². The summed E-state index contributed by atoms with van der Waals surface area (Å²) >= 11 is 0. The van der Waals surface area contributed by atoms with Crippen LogP contribution in [0, 0.1) is 51.8 Å². The minimum absolute atomic E-state index is 0.00181. The molecule has 6 aliphatic carbocycles. The number of nitrogens with zero attached hydrogens (tertiary/aromatic N) is 8. The SMILES string of the molecule is C=C[C@@H]1CC1(CC(=O)[C@@H]1C[C@@H]2CN1C(=O)[C@H](C(C)(C)C)CC(=O)O[C@H]1CC1CCCCCc1c(nc3ccncc3c1OC1CCN(C)CC1)O2)C(=O)NS(=O)(=O)C1(C)CC1.C=C[C@H]1C[C@]1(N)C(=O)NS(=O)(=O)C1(C)CC1.CN1CCC(Oc2c3c(nc4ccncc24)O[C@@H]2C[C@@H](C(=O)O)N(C2)C(=O)[C@H](C(C)(C)C)CC(=O)O[C@H]2CC2CCCCC3)CC1. The molecule has 0 spiro atoms. The van der Waals surface area contributed by atoms with Gasteiger partial charge in [0.15, 0.2) is 5.78 Å². The predicted molar refractivity (Wildman–Crippen MR) is 459 cm³/mol. The van der Waals surface area contributed by atoms with E-state index in [4.69, 9.17) is 44.1 Å². The Morgan fingerprint density at radius 3 is 1.41 bits per heavy atom. The van der Waals surface area contributed by atoms with Gasteiger partial charge in [0.1, 0.15) is 59.7 Å². The summed E-state index contributed by atoms with van der Waals surface area (Å²) in [5.41, 5.74) is 5.21. The van der Waals surface area contributed by atoms with Gasteiger partial charge in [0, 0.05) is 76.1 Å². The molecule has 672 valence electrons. The number of pyridine rings is 4. The fourth-order valence-electron chi connectivity index (χ4n) is 18.6. The zero-order valence-electron chi connectivity index (χ0n) is 73.2. The van der Waals surface area contributed by atoms with E-state index in [1.807, 2.05) is 53.7 Å². The molecule has 6 aliphatic heterocycles. The van der Waals surface area contributed by atoms with Crippen molar-refractivity contribution in [3.8, 4) is 23.3 Å². The average molecular weight is 1740 g/mol. The number of sulfonamides is 2. The minimum atomic E-state index is -3.97. The minimum Gasteiger partial charge on any atom is -0.489 e. The number of hydrogen-bond donors (Lipinski definition) is 4. The Bertz CT molecular complexity index is 4950. The molecule has 4 amide bonds. The second-order valence-corrected chi connectivity index (χ2v) is 44.4. The van der Waals surface area contributed by atoms with E-state index in [0.29, 0.717) is 79.4 Å². The standard InChI is InChI=1S/C46H63N5O9S.C35H48N4O7.C10H16N2O3S/c1-7-29-24-46(29,43(55)49-61(56,57)45(5)16-17-45)25-37(52)36-22-31-27-51(36)42(54)34(44(2,3)4)23-39(53)60-38-21-28(38)11-9-8-10-12-32-40(58-30-14-19-50(6)20-15-30)33-26-47-18-13-35(33)48-41(32)59-31;1-35(2,3)26-18-30(40)46-29-16-21(29)8-6-5-7-9-24-31(44-22-11-14-38(4)15-12-22)25-19-36-13-10-27(25)37-32(24)45-23-17-28(34(42)43)39(20-23)33(26)41;1-3-7-6-10(7,11)8(13)12-16(14,15)9(2)4-5-9/h7,13,18,26,28-31,34,36,38H,1,8-12,14-17,19-25,27H2,2-6H3,(H,49,55);10,13,19,21-23,26,28-29H,5-9,11-12,14-18,20H2,1-4H3,(H,42,43);3,7H,1,4-6,11H2,2H3,(H,12,13)/t28?,29-,31-,34-,36+,38+,46?;21?,23-,26-,28+,29+;7-,10+/m110/s1. The molecule has 16 rings (SSSR count). The topological polar surface area (TPSA) is 395 Å². The van der Waals surface area contributed by atoms with E-state index in [9.17, 15) is 60.3 Å². The number of ether oxygens (including phenoxy) is 6. The third kappa shape index (κ3) is 20.5. The lowest BCUT2D eigenvalue weighted by Crippen LogP contribution is -2.49. The number of amides is 4. The van der Waals surface area contributed by atoms with Crippen molar-refractivity contribution in [3.05, 3.63) is 73.4 Å². The molecule has 6 saturated carbocycles. The van der Waals surface area contributed by atoms with E-state index < -0.39 is 123 Å². The zero-order chi connectivity index (χ0) is 88.3. The van der Waals surface area contributed by atoms with Crippen molar-refractivity contribution in [1.29, 1.82) is 0 Å². The fourth-order valence-corrected chi connectivity index (χ4v) is 21.3. The summed E-state index contributed by atoms with van der Waals surface area (Å²) in [4.78, 5) is 135. The molecule has 4 saturated heterocycles. The highest BCUT2D eigenvalue weighted by molar-refractivity contribution is 7.92. The molecule has 12 aliphatic rings. The Morgan fingerprint density at radius 2 is 1.01 bits per heavy atom. The van der Waals surface area contributed by atoms with Crippen molar-refractivity contribution in [2.45, 2.75) is 292 Å². The van der Waals surface area contributed by atoms with Gasteiger partial charge in [-0.25, -0.2) is 31.6 Å². The smallest absolute Gasteiger partial charge is 0.326 e. The number of carboxylic acid groups (broad SMARTS) is 1. The normalized spacial score (nSPS) is 30.8. The van der Waals surface area contributed by atoms with Crippen molar-refractivity contribution in [3.63, 3.8) is 0 Å². The Hall–Kier alpha value is -8.46. The first-order valence-corrected chi connectivity index (χ1v) is 47.6. The summed E-state index contributed by atoms with van der Waals surface area (Å²) in [5.74, 6) is -3.48. The lowest BCUT2D eigenvalue weighted by Gasteiger charge is -2.34. The van der Waals surface area contributed by atoms with E-state index in [-0.39, 0.29) is 105 Å². The molecule has 10 heterocycles. The fraction of sp³-hybridized carbons (Fsp3) is 0.692. The number of carbonyl (C=O) groups is 8. The number of nitrogens with one attached hydrogen (secondary N) is 2. The molecule has 10 fully saturated rings. The van der Waals surface area contributed by atoms with Gasteiger partial charge in [-0.1, -0.05) is 79.4 Å². The number of Topliss-reactive ketones (excluding diaryl/α,β-unsaturated/α-hetero) is 1. The van der Waals surface area contributed by atoms with Crippen LogP contribution in [0.5, 0.6) is 23.3 Å². The highest BCUT2D eigenvalue weighted by Crippen LogP contribution is 2.58. The van der Waals surface area contributed by atoms with Crippen LogP contribution < -0.4 is 34.1 Å². The monoisotopic (exact) mass is 1740 g/mol. The van der Waals surface area contributed by atoms with Gasteiger partial charge < -0.3 is 58.9 Å². The van der Waals surface area contributed by atoms with Crippen LogP contribution >= 0.6 is 0 Å². The largest absolute Gasteiger partial charge is 0.489 e. The molecule has 4 aromatic rings. The van der Waals surface area contributed by atoms with Gasteiger partial charge in [0.2, 0.25) is 49.5 Å². The number of aliphatic carboxylic acids is 1. The van der Waals surface area contributed by atoms with Crippen LogP contribution in [0.4, 0.5) is 0 Å². The average Bonchev–Trinajstić information content (AvgIpc) is 1.57. The van der Waals surface area contributed by atoms with Crippen LogP contribution in [0.2, 0.25) is 0 Å². The molecule has 0 aromatic carbocycles. The third-order valence-electron chi connectivity index (χ3n) is 28.3. The number of likely N-dealkylation sites (tertiary alicyclic amines) is 2. The van der Waals surface area contributed by atoms with Gasteiger partial charge >= 0.3 is 17.9 Å². The van der Waals surface area contributed by atoms with E-state index in [2.05, 4.69) is 56.5 Å². The first-order chi connectivity index (χ1) is 58.1. The molecule has 123 heavy (non-hydrogen) atoms. The van der Waals surface area contributed by atoms with Crippen molar-refractivity contribution >= 4 is 89.2 Å². The lowest BCUT2D eigenvalue weighted by molar-refractivity contribution is -0.156. The number of ketones is 1. The lowest BCUT2D eigenvalue weighted by atomic mass is 9.77. The molecule has 4 bridgehead atoms. The summed E-state index contributed by atoms with van der Waals surface area (Å²) < 4.78 is 91.5. The number of rotatable bonds is 16. The van der Waals surface area contributed by atoms with Crippen LogP contribution in [0.1, 0.15) is 227 Å². The molecule has 32 heteroatoms. The van der Waals surface area contributed by atoms with Crippen molar-refractivity contribution in [1.82, 2.24) is 49.0 Å². The van der Waals surface area contributed by atoms with E-state index in [1.54, 1.807) is 50.8 Å². The molecular formula is C91H127N11O19S2. The molecular weight excluding hydrogens is 1620 g/mol. The number of aromatic nitrogens is 4. The quantitative estimate of drug-likeness (QED) is 0.0598. The van der Waals surface area contributed by atoms with Crippen LogP contribution in [0.3, 0.4) is 0 Å². The van der Waals surface area contributed by atoms with Crippen molar-refractivity contribution in [2.75, 3.05) is 53.4 Å². The number of nitrogens with two attached hydrogens (primary N) is 1. The van der Waals surface area contributed by atoms with Gasteiger partial charge in [0.05, 0.1) is 91.7 Å². The molecule has 4 aromatic heterocycles. The maximum absolute atomic E-state index is 14.9. The van der Waals surface area contributed by atoms with E-state index in [0.717, 1.165) is 144 Å². The first kappa shape index (κ1) is 90.8. The van der Waals surface area contributed by atoms with Gasteiger partial charge in [-0.15, -0.1) is 13.2 Å². The van der Waals surface area contributed by atoms with Gasteiger partial charge in [-0.3, -0.25) is 53.0 Å². The Morgan fingerprint density at radius 1 is 0.585 bits per heavy atom. The maximum atomic E-state index is 14.9. The van der Waals surface area contributed by atoms with Crippen LogP contribution in [0.25, 0.3) is 21.8 Å². The number of fused-ring (bicyclic) bond motifs is 10. The summed E-state index contributed by atoms with van der Waals surface area (Å²) in [6.07, 6.45) is 25.4. The summed E-state index contributed by atoms with van der Waals surface area (Å²) in [5, 5.41) is 11.9. The Balaban J connectivity index is 0.000000174. The van der Waals surface area contributed by atoms with Crippen LogP contribution in [-0.2, 0) is 80.7 Å². The van der Waals surface area contributed by atoms with Gasteiger partial charge in [-0.05, 0) is 184 Å². The van der Waals surface area contributed by atoms with Gasteiger partial charge in [-0.2, -0.15) is 0 Å². The second kappa shape index (κ2) is 35.8. The number of allylic oxidation sites excluding steroid dienone is 1. The number of carboxylic acids is 1. The Kier molecular flexibility index (Phi) is 26.4. The summed E-state index contributed by atoms with van der Waals surface area (Å²) in [6.45, 7) is 26.0. The second-order valence-electron chi connectivity index (χ2n) is 40.0. The van der Waals surface area contributed by atoms with Crippen LogP contribution in [0.15, 0.2) is 62.2 Å². The van der Waals surface area contributed by atoms with Crippen molar-refractivity contribution < 1.29 is 88.7 Å². The first-order valence-electron chi connectivity index (χ1n) is 44.6. The molecule has 5 N–H and O–H groups in total. The summed E-state index contributed by atoms with van der Waals surface area (Å²) in [7, 11) is -3.30.